The van der Waals surface area contributed by atoms with E-state index in [1.54, 1.807) is 0 Å². The monoisotopic (exact) mass is 1400 g/mol. The number of alkyl halides is 2. The molecule has 0 aliphatic carbocycles. The summed E-state index contributed by atoms with van der Waals surface area (Å²) in [6.45, 7) is 0.152. The zero-order chi connectivity index (χ0) is 70.4. The molecule has 2 fully saturated rings. The molecule has 4 aromatic carbocycles. The van der Waals surface area contributed by atoms with Gasteiger partial charge in [-0.1, -0.05) is 36.4 Å². The van der Waals surface area contributed by atoms with Crippen LogP contribution in [-0.2, 0) is 78.7 Å². The number of hydrogen-bond donors (Lipinski definition) is 11. The number of ketones is 2. The molecule has 0 spiro atoms. The van der Waals surface area contributed by atoms with Crippen molar-refractivity contribution in [1.82, 2.24) is 46.4 Å². The van der Waals surface area contributed by atoms with Gasteiger partial charge in [0.25, 0.3) is 5.92 Å². The summed E-state index contributed by atoms with van der Waals surface area (Å²) in [6, 6.07) is 9.50. The summed E-state index contributed by atoms with van der Waals surface area (Å²) in [5.41, 5.74) is 15.2. The van der Waals surface area contributed by atoms with Gasteiger partial charge < -0.3 is 57.8 Å². The summed E-state index contributed by atoms with van der Waals surface area (Å²) in [5, 5.41) is 34.5. The second-order valence-electron chi connectivity index (χ2n) is 25.3. The number of phenolic OH excluding ortho intramolecular Hbond substituents is 1. The van der Waals surface area contributed by atoms with Gasteiger partial charge in [0.1, 0.15) is 35.5 Å². The van der Waals surface area contributed by atoms with Gasteiger partial charge in [-0.05, 0) is 128 Å². The summed E-state index contributed by atoms with van der Waals surface area (Å²) >= 11 is 2.85. The number of H-pyrrole nitrogens is 2. The van der Waals surface area contributed by atoms with Crippen LogP contribution in [0.3, 0.4) is 0 Å². The normalized spacial score (nSPS) is 24.2. The van der Waals surface area contributed by atoms with E-state index in [1.807, 2.05) is 24.3 Å². The van der Waals surface area contributed by atoms with Crippen LogP contribution in [-0.4, -0.2) is 174 Å². The molecule has 5 heterocycles. The third-order valence-electron chi connectivity index (χ3n) is 17.9. The van der Waals surface area contributed by atoms with E-state index in [1.165, 1.54) is 89.3 Å². The Hall–Kier alpha value is -8.64. The molecular formula is C69H81F4N11O12S2. The fraction of sp³-hybridized carbons (Fsp3) is 0.449. The zero-order valence-electron chi connectivity index (χ0n) is 53.9. The van der Waals surface area contributed by atoms with E-state index in [0.29, 0.717) is 65.0 Å². The summed E-state index contributed by atoms with van der Waals surface area (Å²) < 4.78 is 62.3. The fourth-order valence-electron chi connectivity index (χ4n) is 12.7. The number of carbonyl (C=O) groups excluding carboxylic acids is 10. The first-order valence-electron chi connectivity index (χ1n) is 32.6. The highest BCUT2D eigenvalue weighted by Crippen LogP contribution is 2.36. The Labute approximate surface area is 570 Å². The van der Waals surface area contributed by atoms with Crippen LogP contribution in [0.5, 0.6) is 5.75 Å². The lowest BCUT2D eigenvalue weighted by atomic mass is 9.97. The number of fused-ring (bicyclic) bond motifs is 6. The van der Waals surface area contributed by atoms with E-state index in [4.69, 9.17) is 11.5 Å². The van der Waals surface area contributed by atoms with E-state index in [-0.39, 0.29) is 66.7 Å². The number of aromatic nitrogens is 2. The number of nitrogens with two attached hydrogens (primary N) is 2. The highest BCUT2D eigenvalue weighted by atomic mass is 32.2. The van der Waals surface area contributed by atoms with Crippen molar-refractivity contribution in [2.75, 3.05) is 31.1 Å². The number of hydrogen-bond acceptors (Lipinski definition) is 16. The van der Waals surface area contributed by atoms with Gasteiger partial charge in [-0.2, -0.15) is 23.5 Å². The van der Waals surface area contributed by atoms with Gasteiger partial charge >= 0.3 is 0 Å². The van der Waals surface area contributed by atoms with Crippen LogP contribution in [0.4, 0.5) is 17.6 Å². The minimum Gasteiger partial charge on any atom is -0.508 e. The molecule has 9 atom stereocenters. The molecule has 29 heteroatoms. The molecule has 9 rings (SSSR count). The molecule has 23 nitrogen and oxygen atoms in total. The topological polar surface area (TPSA) is 361 Å². The standard InChI is InChI=1S/C69H81F4N11O12S2/c1-38(85)62-67(95)80-54(25-39-10-14-47(86)15-11-39)68(96)83-22-5-9-55(83)59(88)28-44(63(75)91)36-98-35-41-7-4-6-40(24-41)34-97-23-20-61(90)78-52(8-2-3-21-74)58(87)18-19-60(89)79-53(26-42-32-76-50-16-12-45(70)29-48(42)50)64(92)82-65(93)56(84-37-69(72,73)31-57(84)66(94)81-62)27-43-33-77-51-17-13-46(71)30-49(43)51/h4,6-7,10-17,24,29-30,32-33,38,44,52-57,62,76-77,85-86H,2-3,5,8-9,18-23,25-28,31,34-37,74H2,1H3,(H2,75,91)(H,78,90)(H,79,89)(H,80,95)(H,81,94)(H,82,92,93)/t38-,44-,52-,53-,54-,55-,56-,57-,62-/m0/s1. The number of thioether (sulfide) groups is 2. The number of nitrogens with one attached hydrogen (secondary N) is 7. The number of nitrogens with zero attached hydrogens (tertiary/aromatic N) is 2. The minimum absolute atomic E-state index is 0.0320. The van der Waals surface area contributed by atoms with Gasteiger partial charge in [0.2, 0.25) is 47.3 Å². The number of aromatic amines is 2. The van der Waals surface area contributed by atoms with Crippen LogP contribution in [0.1, 0.15) is 98.9 Å². The van der Waals surface area contributed by atoms with Crippen molar-refractivity contribution < 1.29 is 75.7 Å². The highest BCUT2D eigenvalue weighted by molar-refractivity contribution is 7.98. The number of imide groups is 1. The van der Waals surface area contributed by atoms with Gasteiger partial charge in [0.05, 0.1) is 42.7 Å². The molecule has 2 aromatic heterocycles. The molecule has 524 valence electrons. The lowest BCUT2D eigenvalue weighted by Gasteiger charge is -2.33. The number of halogens is 4. The molecule has 0 radical (unpaired) electrons. The molecule has 8 amide bonds. The average Bonchev–Trinajstić information content (AvgIpc) is 1.67. The van der Waals surface area contributed by atoms with E-state index in [9.17, 15) is 62.1 Å². The second-order valence-corrected chi connectivity index (χ2v) is 27.4. The van der Waals surface area contributed by atoms with Gasteiger partial charge in [-0.15, -0.1) is 0 Å². The van der Waals surface area contributed by atoms with Crippen molar-refractivity contribution in [2.24, 2.45) is 17.4 Å². The quantitative estimate of drug-likeness (QED) is 0.0445. The van der Waals surface area contributed by atoms with Gasteiger partial charge in [0.15, 0.2) is 11.6 Å². The molecule has 6 aromatic rings. The fourth-order valence-corrected chi connectivity index (χ4v) is 14.7. The molecule has 0 unspecified atom stereocenters. The molecule has 2 saturated heterocycles. The number of aliphatic hydroxyl groups is 1. The molecule has 13 N–H and O–H groups in total. The predicted molar refractivity (Wildman–Crippen MR) is 360 cm³/mol. The Morgan fingerprint density at radius 3 is 1.99 bits per heavy atom. The number of aliphatic hydroxyl groups excluding tert-OH is 1. The van der Waals surface area contributed by atoms with Crippen LogP contribution in [0.25, 0.3) is 21.8 Å². The van der Waals surface area contributed by atoms with E-state index in [2.05, 4.69) is 36.6 Å². The van der Waals surface area contributed by atoms with Crippen LogP contribution < -0.4 is 38.1 Å². The maximum atomic E-state index is 16.3. The second kappa shape index (κ2) is 33.7. The van der Waals surface area contributed by atoms with Crippen LogP contribution in [0, 0.1) is 17.6 Å². The van der Waals surface area contributed by atoms with Crippen LogP contribution in [0.15, 0.2) is 97.3 Å². The van der Waals surface area contributed by atoms with Crippen molar-refractivity contribution in [3.05, 3.63) is 137 Å². The Morgan fingerprint density at radius 1 is 0.694 bits per heavy atom. The smallest absolute Gasteiger partial charge is 0.262 e. The first-order chi connectivity index (χ1) is 46.8. The first-order valence-corrected chi connectivity index (χ1v) is 34.9. The number of benzene rings is 4. The maximum absolute atomic E-state index is 16.3. The van der Waals surface area contributed by atoms with Gasteiger partial charge in [-0.25, -0.2) is 17.6 Å². The largest absolute Gasteiger partial charge is 0.508 e. The number of unbranched alkanes of at least 4 members (excludes halogenated alkanes) is 1. The van der Waals surface area contributed by atoms with Crippen molar-refractivity contribution in [3.63, 3.8) is 0 Å². The number of rotatable bonds is 12. The highest BCUT2D eigenvalue weighted by Gasteiger charge is 2.53. The number of primary amides is 1. The number of carbonyl (C=O) groups is 10. The summed E-state index contributed by atoms with van der Waals surface area (Å²) in [7, 11) is 0. The Balaban J connectivity index is 1.05. The lowest BCUT2D eigenvalue weighted by Crippen LogP contribution is -2.61. The van der Waals surface area contributed by atoms with Gasteiger partial charge in [0, 0.05) is 109 Å². The van der Waals surface area contributed by atoms with Crippen LogP contribution >= 0.6 is 23.5 Å². The minimum atomic E-state index is -3.76. The van der Waals surface area contributed by atoms with E-state index < -0.39 is 169 Å². The summed E-state index contributed by atoms with van der Waals surface area (Å²) in [6.07, 6.45) is -1.05. The van der Waals surface area contributed by atoms with Crippen molar-refractivity contribution in [2.45, 2.75) is 156 Å². The number of Topliss-reactive ketones (excluding diaryl/α,β-unsaturated/α-hetero) is 2. The molecule has 3 aliphatic heterocycles. The molecular weight excluding hydrogens is 1310 g/mol. The first kappa shape index (κ1) is 73.6. The average molecular weight is 1400 g/mol. The third-order valence-corrected chi connectivity index (χ3v) is 20.1. The zero-order valence-corrected chi connectivity index (χ0v) is 55.6. The van der Waals surface area contributed by atoms with Crippen molar-refractivity contribution >= 4 is 104 Å². The number of amides is 8. The van der Waals surface area contributed by atoms with E-state index >= 15 is 13.6 Å². The lowest BCUT2D eigenvalue weighted by molar-refractivity contribution is -0.142. The van der Waals surface area contributed by atoms with E-state index in [0.717, 1.165) is 35.1 Å². The SMILES string of the molecule is C[C@H](O)[C@@H]1NC(=O)[C@@H]2CC(F)(F)CN2[C@@H](Cc2c[nH]c3ccc(F)cc23)C(=O)NC(=O)[C@H](Cc2c[nH]c3ccc(F)cc23)NC(=O)CCC(=O)[C@H](CCCCN)NC(=O)CCSCc2cccc(c2)CSC[C@@H](C(N)=O)CC(=O)[C@@H]2CCCN2C(=O)[C@H](Cc2ccc(O)cc2)NC1=O. The molecule has 3 aliphatic rings. The van der Waals surface area contributed by atoms with Crippen molar-refractivity contribution in [1.29, 1.82) is 0 Å². The Kier molecular flexibility index (Phi) is 25.3. The Bertz CT molecular complexity index is 3910. The Morgan fingerprint density at radius 2 is 1.34 bits per heavy atom. The molecule has 2 bridgehead atoms. The van der Waals surface area contributed by atoms with Crippen molar-refractivity contribution in [3.8, 4) is 5.75 Å². The summed E-state index contributed by atoms with van der Waals surface area (Å²) in [5.74, 6) is -13.5. The van der Waals surface area contributed by atoms with Crippen LogP contribution in [0.2, 0.25) is 0 Å². The third kappa shape index (κ3) is 19.6. The predicted octanol–water partition coefficient (Wildman–Crippen LogP) is 4.80. The number of phenols is 1. The maximum Gasteiger partial charge on any atom is 0.262 e. The molecule has 0 saturated carbocycles. The molecule has 98 heavy (non-hydrogen) atoms. The van der Waals surface area contributed by atoms with Gasteiger partial charge in [-0.3, -0.25) is 58.2 Å². The summed E-state index contributed by atoms with van der Waals surface area (Å²) in [4.78, 5) is 151. The number of aromatic hydroxyl groups is 1.